The number of nitrogens with zero attached hydrogens (tertiary/aromatic N) is 5. The van der Waals surface area contributed by atoms with E-state index in [4.69, 9.17) is 0 Å². The number of hydrogen-bond acceptors (Lipinski definition) is 3. The van der Waals surface area contributed by atoms with E-state index in [-0.39, 0.29) is 42.2 Å². The number of aryl methyl sites for hydroxylation is 2. The lowest BCUT2D eigenvalue weighted by atomic mass is 10.1. The van der Waals surface area contributed by atoms with Gasteiger partial charge in [-0.3, -0.25) is 14.5 Å². The zero-order chi connectivity index (χ0) is 18.7. The van der Waals surface area contributed by atoms with Gasteiger partial charge in [0.15, 0.2) is 5.96 Å². The summed E-state index contributed by atoms with van der Waals surface area (Å²) in [4.78, 5) is 20.4. The molecule has 0 bridgehead atoms. The first-order valence-corrected chi connectivity index (χ1v) is 8.47. The second-order valence-electron chi connectivity index (χ2n) is 6.32. The highest BCUT2D eigenvalue weighted by molar-refractivity contribution is 14.0. The Labute approximate surface area is 175 Å². The van der Waals surface area contributed by atoms with Gasteiger partial charge in [0, 0.05) is 39.9 Å². The highest BCUT2D eigenvalue weighted by Crippen LogP contribution is 2.16. The van der Waals surface area contributed by atoms with Gasteiger partial charge in [-0.2, -0.15) is 5.10 Å². The molecule has 146 valence electrons. The van der Waals surface area contributed by atoms with Crippen molar-refractivity contribution in [2.75, 3.05) is 31.6 Å². The molecule has 0 atom stereocenters. The zero-order valence-corrected chi connectivity index (χ0v) is 18.0. The maximum atomic E-state index is 13.7. The molecule has 0 radical (unpaired) electrons. The molecular formula is C18H24FIN6O. The van der Waals surface area contributed by atoms with Gasteiger partial charge < -0.3 is 15.1 Å². The van der Waals surface area contributed by atoms with Crippen molar-refractivity contribution in [3.8, 4) is 0 Å². The summed E-state index contributed by atoms with van der Waals surface area (Å²) in [5.41, 5.74) is 2.25. The van der Waals surface area contributed by atoms with Crippen molar-refractivity contribution < 1.29 is 9.18 Å². The number of piperazine rings is 1. The van der Waals surface area contributed by atoms with Crippen molar-refractivity contribution in [2.24, 2.45) is 12.0 Å². The van der Waals surface area contributed by atoms with Crippen LogP contribution in [0.15, 0.2) is 35.6 Å². The Morgan fingerprint density at radius 1 is 1.37 bits per heavy atom. The van der Waals surface area contributed by atoms with Crippen LogP contribution in [0, 0.1) is 12.7 Å². The topological polar surface area (TPSA) is 65.8 Å². The smallest absolute Gasteiger partial charge is 0.246 e. The molecular weight excluding hydrogens is 462 g/mol. The van der Waals surface area contributed by atoms with Gasteiger partial charge in [-0.05, 0) is 24.1 Å². The Hall–Kier alpha value is -2.17. The molecule has 2 heterocycles. The minimum absolute atomic E-state index is 0. The van der Waals surface area contributed by atoms with Crippen LogP contribution in [-0.2, 0) is 18.4 Å². The van der Waals surface area contributed by atoms with E-state index in [9.17, 15) is 9.18 Å². The Morgan fingerprint density at radius 2 is 2.15 bits per heavy atom. The molecule has 1 aromatic carbocycles. The molecule has 1 fully saturated rings. The first kappa shape index (κ1) is 21.1. The average molecular weight is 486 g/mol. The van der Waals surface area contributed by atoms with E-state index in [1.54, 1.807) is 35.8 Å². The molecule has 1 saturated heterocycles. The number of rotatable bonds is 3. The minimum atomic E-state index is -0.223. The first-order valence-electron chi connectivity index (χ1n) is 8.47. The molecule has 1 N–H and O–H groups in total. The van der Waals surface area contributed by atoms with E-state index < -0.39 is 0 Å². The predicted molar refractivity (Wildman–Crippen MR) is 114 cm³/mol. The number of halogens is 2. The molecule has 1 aliphatic heterocycles. The number of amides is 1. The van der Waals surface area contributed by atoms with E-state index in [1.807, 2.05) is 24.2 Å². The van der Waals surface area contributed by atoms with Gasteiger partial charge in [-0.15, -0.1) is 24.0 Å². The van der Waals surface area contributed by atoms with Gasteiger partial charge in [0.05, 0.1) is 11.9 Å². The Bertz CT molecular complexity index is 837. The zero-order valence-electron chi connectivity index (χ0n) is 15.6. The van der Waals surface area contributed by atoms with Crippen molar-refractivity contribution in [3.05, 3.63) is 47.5 Å². The summed E-state index contributed by atoms with van der Waals surface area (Å²) < 4.78 is 15.3. The maximum Gasteiger partial charge on any atom is 0.246 e. The van der Waals surface area contributed by atoms with Gasteiger partial charge in [0.2, 0.25) is 5.91 Å². The summed E-state index contributed by atoms with van der Waals surface area (Å²) in [6.07, 6.45) is 3.51. The second kappa shape index (κ2) is 9.16. The quantitative estimate of drug-likeness (QED) is 0.409. The Morgan fingerprint density at radius 3 is 2.74 bits per heavy atom. The highest BCUT2D eigenvalue weighted by Gasteiger charge is 2.27. The van der Waals surface area contributed by atoms with E-state index in [2.05, 4.69) is 15.4 Å². The normalized spacial score (nSPS) is 15.0. The summed E-state index contributed by atoms with van der Waals surface area (Å²) in [6, 6.07) is 5.15. The number of hydrogen-bond donors (Lipinski definition) is 1. The van der Waals surface area contributed by atoms with Gasteiger partial charge in [-0.1, -0.05) is 12.1 Å². The predicted octanol–water partition coefficient (Wildman–Crippen LogP) is 1.91. The molecule has 0 spiro atoms. The SMILES string of the molecule is CN=C(NCc1ccc(C)c(F)c1)N1CCN(c2cnn(C)c2)C(=O)C1.I. The van der Waals surface area contributed by atoms with E-state index in [0.717, 1.165) is 11.3 Å². The maximum absolute atomic E-state index is 13.7. The van der Waals surface area contributed by atoms with Crippen molar-refractivity contribution in [3.63, 3.8) is 0 Å². The number of nitrogens with one attached hydrogen (secondary N) is 1. The standard InChI is InChI=1S/C18H23FN6O.HI/c1-13-4-5-14(8-16(13)19)9-21-18(20-2)24-6-7-25(17(26)12-24)15-10-22-23(3)11-15;/h4-5,8,10-11H,6-7,9,12H2,1-3H3,(H,20,21);1H. The molecule has 9 heteroatoms. The fourth-order valence-electron chi connectivity index (χ4n) is 2.93. The van der Waals surface area contributed by atoms with E-state index >= 15 is 0 Å². The second-order valence-corrected chi connectivity index (χ2v) is 6.32. The van der Waals surface area contributed by atoms with Gasteiger partial charge in [-0.25, -0.2) is 4.39 Å². The van der Waals surface area contributed by atoms with Crippen LogP contribution in [0.1, 0.15) is 11.1 Å². The fourth-order valence-corrected chi connectivity index (χ4v) is 2.93. The molecule has 2 aromatic rings. The molecule has 27 heavy (non-hydrogen) atoms. The summed E-state index contributed by atoms with van der Waals surface area (Å²) in [5.74, 6) is 0.401. The van der Waals surface area contributed by atoms with E-state index in [0.29, 0.717) is 31.2 Å². The number of aliphatic imine (C=N–C) groups is 1. The Balaban J connectivity index is 0.00000261. The number of aromatic nitrogens is 2. The lowest BCUT2D eigenvalue weighted by Crippen LogP contribution is -2.55. The van der Waals surface area contributed by atoms with E-state index in [1.165, 1.54) is 6.07 Å². The number of benzene rings is 1. The molecule has 0 saturated carbocycles. The van der Waals surface area contributed by atoms with Gasteiger partial charge in [0.1, 0.15) is 12.4 Å². The molecule has 1 aliphatic rings. The minimum Gasteiger partial charge on any atom is -0.352 e. The molecule has 3 rings (SSSR count). The highest BCUT2D eigenvalue weighted by atomic mass is 127. The van der Waals surface area contributed by atoms with Crippen molar-refractivity contribution >= 4 is 41.5 Å². The van der Waals surface area contributed by atoms with Crippen LogP contribution >= 0.6 is 24.0 Å². The lowest BCUT2D eigenvalue weighted by molar-refractivity contribution is -0.120. The van der Waals surface area contributed by atoms with Crippen LogP contribution < -0.4 is 10.2 Å². The third kappa shape index (κ3) is 4.96. The average Bonchev–Trinajstić information content (AvgIpc) is 3.04. The Kier molecular flexibility index (Phi) is 7.17. The van der Waals surface area contributed by atoms with Crippen LogP contribution in [0.3, 0.4) is 0 Å². The lowest BCUT2D eigenvalue weighted by Gasteiger charge is -2.35. The van der Waals surface area contributed by atoms with Crippen molar-refractivity contribution in [1.82, 2.24) is 20.0 Å². The van der Waals surface area contributed by atoms with Crippen LogP contribution in [0.4, 0.5) is 10.1 Å². The number of carbonyl (C=O) groups excluding carboxylic acids is 1. The third-order valence-electron chi connectivity index (χ3n) is 4.42. The summed E-state index contributed by atoms with van der Waals surface area (Å²) in [7, 11) is 3.50. The van der Waals surface area contributed by atoms with Gasteiger partial charge >= 0.3 is 0 Å². The summed E-state index contributed by atoms with van der Waals surface area (Å²) in [5, 5.41) is 7.32. The first-order chi connectivity index (χ1) is 12.5. The monoisotopic (exact) mass is 486 g/mol. The van der Waals surface area contributed by atoms with Crippen LogP contribution in [0.5, 0.6) is 0 Å². The summed E-state index contributed by atoms with van der Waals surface area (Å²) in [6.45, 7) is 3.63. The third-order valence-corrected chi connectivity index (χ3v) is 4.42. The number of guanidine groups is 1. The number of carbonyl (C=O) groups is 1. The molecule has 0 aliphatic carbocycles. The van der Waals surface area contributed by atoms with Crippen LogP contribution in [-0.4, -0.2) is 53.2 Å². The fraction of sp³-hybridized carbons (Fsp3) is 0.389. The number of anilines is 1. The molecule has 0 unspecified atom stereocenters. The van der Waals surface area contributed by atoms with Crippen molar-refractivity contribution in [2.45, 2.75) is 13.5 Å². The van der Waals surface area contributed by atoms with Crippen molar-refractivity contribution in [1.29, 1.82) is 0 Å². The molecule has 1 amide bonds. The van der Waals surface area contributed by atoms with Crippen LogP contribution in [0.25, 0.3) is 0 Å². The largest absolute Gasteiger partial charge is 0.352 e. The summed E-state index contributed by atoms with van der Waals surface area (Å²) >= 11 is 0. The van der Waals surface area contributed by atoms with Gasteiger partial charge in [0.25, 0.3) is 0 Å². The molecule has 7 nitrogen and oxygen atoms in total. The van der Waals surface area contributed by atoms with Crippen LogP contribution in [0.2, 0.25) is 0 Å². The molecule has 1 aromatic heterocycles.